The van der Waals surface area contributed by atoms with E-state index in [-0.39, 0.29) is 5.57 Å². The summed E-state index contributed by atoms with van der Waals surface area (Å²) in [5.41, 5.74) is 2.63. The van der Waals surface area contributed by atoms with Gasteiger partial charge in [-0.15, -0.1) is 0 Å². The molecule has 0 saturated carbocycles. The van der Waals surface area contributed by atoms with Crippen molar-refractivity contribution in [1.29, 1.82) is 5.26 Å². The molecule has 1 amide bonds. The normalized spacial score (nSPS) is 10.8. The molecule has 3 rings (SSSR count). The monoisotopic (exact) mass is 368 g/mol. The lowest BCUT2D eigenvalue weighted by Crippen LogP contribution is -2.13. The quantitative estimate of drug-likeness (QED) is 0.456. The SMILES string of the molecule is CCc1ccc(NC(=O)/C(C#N)=C\c2ccc(Oc3ccccc3)cc2)cc1. The molecule has 0 atom stereocenters. The highest BCUT2D eigenvalue weighted by Crippen LogP contribution is 2.22. The lowest BCUT2D eigenvalue weighted by molar-refractivity contribution is -0.112. The molecule has 0 aromatic heterocycles. The second-order valence-electron chi connectivity index (χ2n) is 6.16. The summed E-state index contributed by atoms with van der Waals surface area (Å²) in [5, 5.41) is 12.1. The van der Waals surface area contributed by atoms with Crippen molar-refractivity contribution in [3.05, 3.63) is 95.6 Å². The van der Waals surface area contributed by atoms with Gasteiger partial charge >= 0.3 is 0 Å². The molecule has 0 bridgehead atoms. The Morgan fingerprint density at radius 2 is 1.61 bits per heavy atom. The van der Waals surface area contributed by atoms with Gasteiger partial charge in [-0.3, -0.25) is 4.79 Å². The van der Waals surface area contributed by atoms with Gasteiger partial charge in [0.2, 0.25) is 0 Å². The Hall–Kier alpha value is -3.84. The smallest absolute Gasteiger partial charge is 0.266 e. The Labute approximate surface area is 164 Å². The van der Waals surface area contributed by atoms with Crippen molar-refractivity contribution >= 4 is 17.7 Å². The molecule has 0 aliphatic heterocycles. The van der Waals surface area contributed by atoms with Crippen LogP contribution in [0.15, 0.2) is 84.4 Å². The maximum absolute atomic E-state index is 12.4. The summed E-state index contributed by atoms with van der Waals surface area (Å²) < 4.78 is 5.74. The first-order chi connectivity index (χ1) is 13.7. The zero-order valence-corrected chi connectivity index (χ0v) is 15.6. The third kappa shape index (κ3) is 5.09. The number of benzene rings is 3. The number of para-hydroxylation sites is 1. The minimum absolute atomic E-state index is 0.0382. The fourth-order valence-corrected chi connectivity index (χ4v) is 2.59. The molecule has 0 fully saturated rings. The standard InChI is InChI=1S/C24H20N2O2/c1-2-18-8-12-21(13-9-18)26-24(27)20(17-25)16-19-10-14-23(15-11-19)28-22-6-4-3-5-7-22/h3-16H,2H2,1H3,(H,26,27)/b20-16-. The van der Waals surface area contributed by atoms with Crippen LogP contribution in [0, 0.1) is 11.3 Å². The van der Waals surface area contributed by atoms with Crippen LogP contribution < -0.4 is 10.1 Å². The highest BCUT2D eigenvalue weighted by Gasteiger charge is 2.09. The van der Waals surface area contributed by atoms with Crippen molar-refractivity contribution in [2.75, 3.05) is 5.32 Å². The highest BCUT2D eigenvalue weighted by atomic mass is 16.5. The first-order valence-corrected chi connectivity index (χ1v) is 9.03. The number of aryl methyl sites for hydroxylation is 1. The predicted molar refractivity (Wildman–Crippen MR) is 111 cm³/mol. The minimum Gasteiger partial charge on any atom is -0.457 e. The van der Waals surface area contributed by atoms with Crippen molar-refractivity contribution in [1.82, 2.24) is 0 Å². The molecular weight excluding hydrogens is 348 g/mol. The van der Waals surface area contributed by atoms with Gasteiger partial charge in [-0.2, -0.15) is 5.26 Å². The molecule has 138 valence electrons. The number of rotatable bonds is 6. The molecule has 0 heterocycles. The zero-order valence-electron chi connectivity index (χ0n) is 15.6. The second-order valence-corrected chi connectivity index (χ2v) is 6.16. The van der Waals surface area contributed by atoms with Crippen LogP contribution in [0.3, 0.4) is 0 Å². The van der Waals surface area contributed by atoms with Crippen LogP contribution >= 0.6 is 0 Å². The van der Waals surface area contributed by atoms with E-state index < -0.39 is 5.91 Å². The number of hydrogen-bond acceptors (Lipinski definition) is 3. The number of hydrogen-bond donors (Lipinski definition) is 1. The van der Waals surface area contributed by atoms with Gasteiger partial charge in [-0.25, -0.2) is 0 Å². The van der Waals surface area contributed by atoms with Gasteiger partial charge in [0.25, 0.3) is 5.91 Å². The third-order valence-electron chi connectivity index (χ3n) is 4.16. The van der Waals surface area contributed by atoms with Crippen molar-refractivity contribution in [3.8, 4) is 17.6 Å². The van der Waals surface area contributed by atoms with Crippen molar-refractivity contribution in [3.63, 3.8) is 0 Å². The second kappa shape index (κ2) is 9.20. The van der Waals surface area contributed by atoms with E-state index in [9.17, 15) is 10.1 Å². The maximum Gasteiger partial charge on any atom is 0.266 e. The van der Waals surface area contributed by atoms with Crippen LogP contribution in [0.2, 0.25) is 0 Å². The molecule has 0 saturated heterocycles. The Morgan fingerprint density at radius 3 is 2.21 bits per heavy atom. The summed E-state index contributed by atoms with van der Waals surface area (Å²) in [4.78, 5) is 12.4. The predicted octanol–water partition coefficient (Wildman–Crippen LogP) is 5.59. The Balaban J connectivity index is 1.69. The first-order valence-electron chi connectivity index (χ1n) is 9.03. The minimum atomic E-state index is -0.434. The number of nitrogens with one attached hydrogen (secondary N) is 1. The molecular formula is C24H20N2O2. The number of nitriles is 1. The Kier molecular flexibility index (Phi) is 6.22. The van der Waals surface area contributed by atoms with Crippen LogP contribution in [0.5, 0.6) is 11.5 Å². The van der Waals surface area contributed by atoms with E-state index >= 15 is 0 Å². The van der Waals surface area contributed by atoms with Crippen molar-refractivity contribution in [2.45, 2.75) is 13.3 Å². The number of amides is 1. The van der Waals surface area contributed by atoms with Gasteiger partial charge in [0.05, 0.1) is 0 Å². The third-order valence-corrected chi connectivity index (χ3v) is 4.16. The van der Waals surface area contributed by atoms with Gasteiger partial charge in [-0.05, 0) is 60.0 Å². The summed E-state index contributed by atoms with van der Waals surface area (Å²) >= 11 is 0. The molecule has 0 spiro atoms. The van der Waals surface area contributed by atoms with Crippen LogP contribution in [-0.4, -0.2) is 5.91 Å². The van der Waals surface area contributed by atoms with E-state index in [1.165, 1.54) is 5.56 Å². The summed E-state index contributed by atoms with van der Waals surface area (Å²) in [7, 11) is 0. The molecule has 4 nitrogen and oxygen atoms in total. The van der Waals surface area contributed by atoms with E-state index in [1.54, 1.807) is 30.3 Å². The summed E-state index contributed by atoms with van der Waals surface area (Å²) in [6.45, 7) is 2.07. The van der Waals surface area contributed by atoms with Crippen LogP contribution in [0.25, 0.3) is 6.08 Å². The van der Waals surface area contributed by atoms with E-state index in [4.69, 9.17) is 4.74 Å². The van der Waals surface area contributed by atoms with E-state index in [0.29, 0.717) is 11.4 Å². The van der Waals surface area contributed by atoms with Crippen molar-refractivity contribution in [2.24, 2.45) is 0 Å². The summed E-state index contributed by atoms with van der Waals surface area (Å²) in [6.07, 6.45) is 2.49. The van der Waals surface area contributed by atoms with Gasteiger partial charge in [-0.1, -0.05) is 49.4 Å². The van der Waals surface area contributed by atoms with Crippen LogP contribution in [0.1, 0.15) is 18.1 Å². The fourth-order valence-electron chi connectivity index (χ4n) is 2.59. The van der Waals surface area contributed by atoms with E-state index in [0.717, 1.165) is 17.7 Å². The molecule has 1 N–H and O–H groups in total. The fraction of sp³-hybridized carbons (Fsp3) is 0.0833. The topological polar surface area (TPSA) is 62.1 Å². The molecule has 0 aliphatic carbocycles. The summed E-state index contributed by atoms with van der Waals surface area (Å²) in [6, 6.07) is 26.2. The van der Waals surface area contributed by atoms with Crippen LogP contribution in [-0.2, 0) is 11.2 Å². The number of ether oxygens (including phenoxy) is 1. The number of carbonyl (C=O) groups excluding carboxylic acids is 1. The number of carbonyl (C=O) groups is 1. The molecule has 28 heavy (non-hydrogen) atoms. The van der Waals surface area contributed by atoms with Crippen LogP contribution in [0.4, 0.5) is 5.69 Å². The lowest BCUT2D eigenvalue weighted by Gasteiger charge is -2.06. The highest BCUT2D eigenvalue weighted by molar-refractivity contribution is 6.09. The zero-order chi connectivity index (χ0) is 19.8. The molecule has 4 heteroatoms. The van der Waals surface area contributed by atoms with Gasteiger partial charge in [0.1, 0.15) is 23.1 Å². The average Bonchev–Trinajstić information content (AvgIpc) is 2.74. The Bertz CT molecular complexity index is 999. The van der Waals surface area contributed by atoms with E-state index in [2.05, 4.69) is 12.2 Å². The van der Waals surface area contributed by atoms with Gasteiger partial charge in [0, 0.05) is 5.69 Å². The molecule has 0 radical (unpaired) electrons. The van der Waals surface area contributed by atoms with Gasteiger partial charge in [0.15, 0.2) is 0 Å². The molecule has 3 aromatic carbocycles. The molecule has 3 aromatic rings. The lowest BCUT2D eigenvalue weighted by atomic mass is 10.1. The average molecular weight is 368 g/mol. The first kappa shape index (κ1) is 18.9. The Morgan fingerprint density at radius 1 is 0.964 bits per heavy atom. The largest absolute Gasteiger partial charge is 0.457 e. The van der Waals surface area contributed by atoms with E-state index in [1.807, 2.05) is 60.7 Å². The molecule has 0 unspecified atom stereocenters. The molecule has 0 aliphatic rings. The summed E-state index contributed by atoms with van der Waals surface area (Å²) in [5.74, 6) is 0.996. The maximum atomic E-state index is 12.4. The number of nitrogens with zero attached hydrogens (tertiary/aromatic N) is 1. The van der Waals surface area contributed by atoms with Gasteiger partial charge < -0.3 is 10.1 Å². The van der Waals surface area contributed by atoms with Crippen molar-refractivity contribution < 1.29 is 9.53 Å². The number of anilines is 1.